The molecule has 0 spiro atoms. The van der Waals surface area contributed by atoms with Crippen LogP contribution in [0.5, 0.6) is 0 Å². The van der Waals surface area contributed by atoms with Gasteiger partial charge in [-0.1, -0.05) is 12.1 Å². The molecule has 0 aliphatic carbocycles. The molecule has 0 atom stereocenters. The van der Waals surface area contributed by atoms with Crippen LogP contribution in [0.2, 0.25) is 0 Å². The maximum absolute atomic E-state index is 12.7. The van der Waals surface area contributed by atoms with Crippen molar-refractivity contribution in [2.75, 3.05) is 11.1 Å². The van der Waals surface area contributed by atoms with Gasteiger partial charge in [0.05, 0.1) is 0 Å². The lowest BCUT2D eigenvalue weighted by atomic mass is 10.2. The largest absolute Gasteiger partial charge is 0.399 e. The Labute approximate surface area is 108 Å². The highest BCUT2D eigenvalue weighted by Gasteiger charge is 2.00. The van der Waals surface area contributed by atoms with Gasteiger partial charge in [0.25, 0.3) is 0 Å². The molecule has 2 aromatic carbocycles. The summed E-state index contributed by atoms with van der Waals surface area (Å²) in [5.41, 5.74) is 8.35. The lowest BCUT2D eigenvalue weighted by Gasteiger charge is -2.09. The standard InChI is InChI=1S/C13H12BrFN2/c14-12-7-11(16)5-6-13(12)17-8-9-1-3-10(15)4-2-9/h1-7,17H,8,16H2. The fourth-order valence-electron chi connectivity index (χ4n) is 1.47. The third kappa shape index (κ3) is 3.20. The van der Waals surface area contributed by atoms with Gasteiger partial charge in [-0.05, 0) is 51.8 Å². The minimum absolute atomic E-state index is 0.220. The Kier molecular flexibility index (Phi) is 3.64. The lowest BCUT2D eigenvalue weighted by Crippen LogP contribution is -2.00. The van der Waals surface area contributed by atoms with E-state index >= 15 is 0 Å². The van der Waals surface area contributed by atoms with Crippen LogP contribution in [0, 0.1) is 5.82 Å². The van der Waals surface area contributed by atoms with E-state index in [1.165, 1.54) is 12.1 Å². The second kappa shape index (κ2) is 5.19. The van der Waals surface area contributed by atoms with Gasteiger partial charge in [-0.15, -0.1) is 0 Å². The summed E-state index contributed by atoms with van der Waals surface area (Å²) in [7, 11) is 0. The number of hydrogen-bond acceptors (Lipinski definition) is 2. The summed E-state index contributed by atoms with van der Waals surface area (Å²) in [6.07, 6.45) is 0. The second-order valence-corrected chi connectivity index (χ2v) is 4.57. The van der Waals surface area contributed by atoms with Gasteiger partial charge in [0.1, 0.15) is 5.82 Å². The maximum Gasteiger partial charge on any atom is 0.123 e. The Morgan fingerprint density at radius 3 is 2.47 bits per heavy atom. The van der Waals surface area contributed by atoms with Crippen LogP contribution < -0.4 is 11.1 Å². The number of nitrogens with two attached hydrogens (primary N) is 1. The highest BCUT2D eigenvalue weighted by molar-refractivity contribution is 9.10. The van der Waals surface area contributed by atoms with Crippen molar-refractivity contribution in [3.63, 3.8) is 0 Å². The predicted molar refractivity (Wildman–Crippen MR) is 72.3 cm³/mol. The van der Waals surface area contributed by atoms with E-state index in [9.17, 15) is 4.39 Å². The zero-order chi connectivity index (χ0) is 12.3. The fraction of sp³-hybridized carbons (Fsp3) is 0.0769. The molecule has 2 rings (SSSR count). The van der Waals surface area contributed by atoms with E-state index < -0.39 is 0 Å². The minimum atomic E-state index is -0.220. The normalized spacial score (nSPS) is 10.2. The molecule has 2 nitrogen and oxygen atoms in total. The molecule has 0 fully saturated rings. The number of halogens is 2. The number of rotatable bonds is 3. The molecule has 0 amide bonds. The zero-order valence-electron chi connectivity index (χ0n) is 9.08. The van der Waals surface area contributed by atoms with Crippen molar-refractivity contribution >= 4 is 27.3 Å². The van der Waals surface area contributed by atoms with Crippen LogP contribution >= 0.6 is 15.9 Å². The molecule has 2 aromatic rings. The average Bonchev–Trinajstić information content (AvgIpc) is 2.30. The van der Waals surface area contributed by atoms with Gasteiger partial charge < -0.3 is 11.1 Å². The highest BCUT2D eigenvalue weighted by Crippen LogP contribution is 2.25. The quantitative estimate of drug-likeness (QED) is 0.846. The van der Waals surface area contributed by atoms with E-state index in [0.29, 0.717) is 12.2 Å². The number of benzene rings is 2. The number of hydrogen-bond donors (Lipinski definition) is 2. The van der Waals surface area contributed by atoms with E-state index in [2.05, 4.69) is 21.2 Å². The van der Waals surface area contributed by atoms with E-state index in [1.54, 1.807) is 12.1 Å². The van der Waals surface area contributed by atoms with E-state index in [-0.39, 0.29) is 5.82 Å². The van der Waals surface area contributed by atoms with E-state index in [1.807, 2.05) is 18.2 Å². The Morgan fingerprint density at radius 2 is 1.82 bits per heavy atom. The third-order valence-corrected chi connectivity index (χ3v) is 3.05. The van der Waals surface area contributed by atoms with Crippen LogP contribution in [0.4, 0.5) is 15.8 Å². The Hall–Kier alpha value is -1.55. The van der Waals surface area contributed by atoms with Crippen molar-refractivity contribution in [2.45, 2.75) is 6.54 Å². The van der Waals surface area contributed by atoms with Gasteiger partial charge in [0.2, 0.25) is 0 Å². The highest BCUT2D eigenvalue weighted by atomic mass is 79.9. The summed E-state index contributed by atoms with van der Waals surface area (Å²) in [6.45, 7) is 0.642. The lowest BCUT2D eigenvalue weighted by molar-refractivity contribution is 0.627. The molecule has 0 radical (unpaired) electrons. The molecule has 0 bridgehead atoms. The van der Waals surface area contributed by atoms with Crippen LogP contribution in [0.3, 0.4) is 0 Å². The summed E-state index contributed by atoms with van der Waals surface area (Å²) in [4.78, 5) is 0. The summed E-state index contributed by atoms with van der Waals surface area (Å²) < 4.78 is 13.6. The molecule has 0 saturated heterocycles. The molecule has 0 unspecified atom stereocenters. The van der Waals surface area contributed by atoms with Crippen molar-refractivity contribution in [2.24, 2.45) is 0 Å². The van der Waals surface area contributed by atoms with Crippen LogP contribution in [0.25, 0.3) is 0 Å². The number of nitrogen functional groups attached to an aromatic ring is 1. The van der Waals surface area contributed by atoms with Gasteiger partial charge >= 0.3 is 0 Å². The maximum atomic E-state index is 12.7. The molecule has 17 heavy (non-hydrogen) atoms. The van der Waals surface area contributed by atoms with Gasteiger partial charge in [-0.3, -0.25) is 0 Å². The van der Waals surface area contributed by atoms with Crippen LogP contribution in [-0.4, -0.2) is 0 Å². The summed E-state index contributed by atoms with van der Waals surface area (Å²) in [6, 6.07) is 12.0. The molecule has 3 N–H and O–H groups in total. The van der Waals surface area contributed by atoms with Crippen molar-refractivity contribution < 1.29 is 4.39 Å². The Balaban J connectivity index is 2.04. The van der Waals surface area contributed by atoms with Gasteiger partial charge in [0, 0.05) is 22.4 Å². The van der Waals surface area contributed by atoms with Crippen molar-refractivity contribution in [3.8, 4) is 0 Å². The number of anilines is 2. The summed E-state index contributed by atoms with van der Waals surface area (Å²) in [5.74, 6) is -0.220. The molecule has 0 saturated carbocycles. The first kappa shape index (κ1) is 11.9. The predicted octanol–water partition coefficient (Wildman–Crippen LogP) is 3.78. The topological polar surface area (TPSA) is 38.0 Å². The van der Waals surface area contributed by atoms with Crippen LogP contribution in [-0.2, 0) is 6.54 Å². The van der Waals surface area contributed by atoms with Gasteiger partial charge in [-0.2, -0.15) is 0 Å². The number of nitrogens with one attached hydrogen (secondary N) is 1. The minimum Gasteiger partial charge on any atom is -0.399 e. The Bertz CT molecular complexity index is 511. The SMILES string of the molecule is Nc1ccc(NCc2ccc(F)cc2)c(Br)c1. The van der Waals surface area contributed by atoms with Gasteiger partial charge in [0.15, 0.2) is 0 Å². The first-order chi connectivity index (χ1) is 8.15. The van der Waals surface area contributed by atoms with Crippen LogP contribution in [0.1, 0.15) is 5.56 Å². The molecular formula is C13H12BrFN2. The van der Waals surface area contributed by atoms with Crippen molar-refractivity contribution in [1.29, 1.82) is 0 Å². The fourth-order valence-corrected chi connectivity index (χ4v) is 2.01. The molecule has 0 aliphatic rings. The molecule has 0 aliphatic heterocycles. The molecule has 0 heterocycles. The smallest absolute Gasteiger partial charge is 0.123 e. The average molecular weight is 295 g/mol. The van der Waals surface area contributed by atoms with E-state index in [0.717, 1.165) is 15.7 Å². The zero-order valence-corrected chi connectivity index (χ0v) is 10.7. The molecule has 0 aromatic heterocycles. The first-order valence-corrected chi connectivity index (χ1v) is 5.98. The molecular weight excluding hydrogens is 283 g/mol. The molecule has 4 heteroatoms. The van der Waals surface area contributed by atoms with Crippen LogP contribution in [0.15, 0.2) is 46.9 Å². The first-order valence-electron chi connectivity index (χ1n) is 5.18. The second-order valence-electron chi connectivity index (χ2n) is 3.72. The van der Waals surface area contributed by atoms with E-state index in [4.69, 9.17) is 5.73 Å². The molecule has 88 valence electrons. The third-order valence-electron chi connectivity index (χ3n) is 2.39. The monoisotopic (exact) mass is 294 g/mol. The van der Waals surface area contributed by atoms with Crippen molar-refractivity contribution in [1.82, 2.24) is 0 Å². The summed E-state index contributed by atoms with van der Waals surface area (Å²) in [5, 5.41) is 3.25. The van der Waals surface area contributed by atoms with Gasteiger partial charge in [-0.25, -0.2) is 4.39 Å². The Morgan fingerprint density at radius 1 is 1.12 bits per heavy atom. The summed E-state index contributed by atoms with van der Waals surface area (Å²) >= 11 is 3.43. The van der Waals surface area contributed by atoms with Crippen molar-refractivity contribution in [3.05, 3.63) is 58.3 Å².